The van der Waals surface area contributed by atoms with Crippen LogP contribution in [0.5, 0.6) is 0 Å². The van der Waals surface area contributed by atoms with Gasteiger partial charge in [0.05, 0.1) is 11.0 Å². The first kappa shape index (κ1) is 12.2. The molecule has 1 saturated heterocycles. The van der Waals surface area contributed by atoms with Gasteiger partial charge in [-0.2, -0.15) is 0 Å². The van der Waals surface area contributed by atoms with Gasteiger partial charge in [-0.3, -0.25) is 9.47 Å². The van der Waals surface area contributed by atoms with Crippen LogP contribution in [-0.4, -0.2) is 40.6 Å². The second kappa shape index (κ2) is 4.75. The van der Waals surface area contributed by atoms with E-state index in [1.54, 1.807) is 0 Å². The van der Waals surface area contributed by atoms with Crippen molar-refractivity contribution in [3.8, 4) is 0 Å². The monoisotopic (exact) mass is 272 g/mol. The molecule has 20 heavy (non-hydrogen) atoms. The van der Waals surface area contributed by atoms with Gasteiger partial charge in [-0.25, -0.2) is 4.79 Å². The SMILES string of the molecule is O=c1[nH]c2cc(CN3CCNCC3)ccc2n1C1CC1. The molecule has 106 valence electrons. The molecular weight excluding hydrogens is 252 g/mol. The second-order valence-electron chi connectivity index (χ2n) is 5.91. The number of aromatic nitrogens is 2. The lowest BCUT2D eigenvalue weighted by atomic mass is 10.1. The fourth-order valence-corrected chi connectivity index (χ4v) is 3.10. The molecule has 0 amide bonds. The van der Waals surface area contributed by atoms with Crippen LogP contribution in [0.2, 0.25) is 0 Å². The Balaban J connectivity index is 1.63. The van der Waals surface area contributed by atoms with Crippen molar-refractivity contribution in [2.45, 2.75) is 25.4 Å². The zero-order valence-corrected chi connectivity index (χ0v) is 11.6. The molecule has 1 aromatic carbocycles. The molecule has 2 heterocycles. The van der Waals surface area contributed by atoms with Crippen molar-refractivity contribution in [3.63, 3.8) is 0 Å². The summed E-state index contributed by atoms with van der Waals surface area (Å²) >= 11 is 0. The van der Waals surface area contributed by atoms with E-state index in [-0.39, 0.29) is 5.69 Å². The normalized spacial score (nSPS) is 20.6. The van der Waals surface area contributed by atoms with Crippen LogP contribution in [0.3, 0.4) is 0 Å². The maximum atomic E-state index is 12.0. The Kier molecular flexibility index (Phi) is 2.89. The molecule has 0 radical (unpaired) electrons. The number of imidazole rings is 1. The smallest absolute Gasteiger partial charge is 0.314 e. The van der Waals surface area contributed by atoms with Crippen molar-refractivity contribution >= 4 is 11.0 Å². The number of hydrogen-bond acceptors (Lipinski definition) is 3. The molecule has 5 nitrogen and oxygen atoms in total. The fourth-order valence-electron chi connectivity index (χ4n) is 3.10. The van der Waals surface area contributed by atoms with Crippen molar-refractivity contribution in [2.24, 2.45) is 0 Å². The largest absolute Gasteiger partial charge is 0.326 e. The minimum absolute atomic E-state index is 0.0434. The van der Waals surface area contributed by atoms with Crippen LogP contribution in [0.4, 0.5) is 0 Å². The summed E-state index contributed by atoms with van der Waals surface area (Å²) in [6, 6.07) is 6.83. The van der Waals surface area contributed by atoms with E-state index in [1.807, 2.05) is 4.57 Å². The van der Waals surface area contributed by atoms with Gasteiger partial charge in [0.2, 0.25) is 0 Å². The van der Waals surface area contributed by atoms with Crippen molar-refractivity contribution in [2.75, 3.05) is 26.2 Å². The van der Waals surface area contributed by atoms with E-state index in [0.717, 1.165) is 56.6 Å². The lowest BCUT2D eigenvalue weighted by Crippen LogP contribution is -2.42. The number of H-pyrrole nitrogens is 1. The predicted octanol–water partition coefficient (Wildman–Crippen LogP) is 1.07. The van der Waals surface area contributed by atoms with Crippen LogP contribution in [0.25, 0.3) is 11.0 Å². The standard InChI is InChI=1S/C15H20N4O/c20-15-17-13-9-11(10-18-7-5-16-6-8-18)1-4-14(13)19(15)12-2-3-12/h1,4,9,12,16H,2-3,5-8,10H2,(H,17,20). The van der Waals surface area contributed by atoms with Crippen LogP contribution < -0.4 is 11.0 Å². The Bertz CT molecular complexity index is 677. The maximum absolute atomic E-state index is 12.0. The molecule has 0 spiro atoms. The lowest BCUT2D eigenvalue weighted by molar-refractivity contribution is 0.233. The van der Waals surface area contributed by atoms with Gasteiger partial charge in [-0.1, -0.05) is 6.07 Å². The summed E-state index contributed by atoms with van der Waals surface area (Å²) in [5.74, 6) is 0. The number of nitrogens with one attached hydrogen (secondary N) is 2. The molecule has 2 aromatic rings. The summed E-state index contributed by atoms with van der Waals surface area (Å²) in [6.45, 7) is 5.29. The van der Waals surface area contributed by atoms with Crippen LogP contribution in [0.15, 0.2) is 23.0 Å². The van der Waals surface area contributed by atoms with Gasteiger partial charge < -0.3 is 10.3 Å². The third kappa shape index (κ3) is 2.17. The van der Waals surface area contributed by atoms with Gasteiger partial charge in [-0.05, 0) is 30.5 Å². The molecule has 1 aromatic heterocycles. The zero-order chi connectivity index (χ0) is 13.5. The van der Waals surface area contributed by atoms with Crippen molar-refractivity contribution in [1.82, 2.24) is 19.8 Å². The molecule has 1 saturated carbocycles. The first-order valence-electron chi connectivity index (χ1n) is 7.47. The van der Waals surface area contributed by atoms with Gasteiger partial charge in [-0.15, -0.1) is 0 Å². The highest BCUT2D eigenvalue weighted by Crippen LogP contribution is 2.35. The van der Waals surface area contributed by atoms with Crippen molar-refractivity contribution in [1.29, 1.82) is 0 Å². The number of piperazine rings is 1. The second-order valence-corrected chi connectivity index (χ2v) is 5.91. The van der Waals surface area contributed by atoms with E-state index in [1.165, 1.54) is 5.56 Å². The summed E-state index contributed by atoms with van der Waals surface area (Å²) < 4.78 is 1.92. The van der Waals surface area contributed by atoms with Gasteiger partial charge in [0, 0.05) is 38.8 Å². The van der Waals surface area contributed by atoms with E-state index in [9.17, 15) is 4.79 Å². The molecule has 1 aliphatic carbocycles. The maximum Gasteiger partial charge on any atom is 0.326 e. The Hall–Kier alpha value is -1.59. The molecule has 4 rings (SSSR count). The molecule has 0 bridgehead atoms. The molecule has 2 N–H and O–H groups in total. The van der Waals surface area contributed by atoms with Gasteiger partial charge in [0.25, 0.3) is 0 Å². The van der Waals surface area contributed by atoms with Crippen LogP contribution >= 0.6 is 0 Å². The predicted molar refractivity (Wildman–Crippen MR) is 79.0 cm³/mol. The quantitative estimate of drug-likeness (QED) is 0.879. The van der Waals surface area contributed by atoms with Crippen molar-refractivity contribution in [3.05, 3.63) is 34.2 Å². The third-order valence-corrected chi connectivity index (χ3v) is 4.31. The minimum atomic E-state index is 0.0434. The highest BCUT2D eigenvalue weighted by Gasteiger charge is 2.27. The molecule has 2 aliphatic rings. The van der Waals surface area contributed by atoms with E-state index in [4.69, 9.17) is 0 Å². The summed E-state index contributed by atoms with van der Waals surface area (Å²) in [5, 5.41) is 3.37. The van der Waals surface area contributed by atoms with Crippen LogP contribution in [0, 0.1) is 0 Å². The summed E-state index contributed by atoms with van der Waals surface area (Å²) in [5.41, 5.74) is 3.36. The van der Waals surface area contributed by atoms with Crippen molar-refractivity contribution < 1.29 is 0 Å². The van der Waals surface area contributed by atoms with Gasteiger partial charge >= 0.3 is 5.69 Å². The van der Waals surface area contributed by atoms with Crippen LogP contribution in [0.1, 0.15) is 24.4 Å². The van der Waals surface area contributed by atoms with Gasteiger partial charge in [0.1, 0.15) is 0 Å². The molecular formula is C15H20N4O. The Morgan fingerprint density at radius 1 is 1.20 bits per heavy atom. The Morgan fingerprint density at radius 3 is 2.75 bits per heavy atom. The van der Waals surface area contributed by atoms with E-state index >= 15 is 0 Å². The summed E-state index contributed by atoms with van der Waals surface area (Å²) in [7, 11) is 0. The molecule has 0 atom stereocenters. The number of aromatic amines is 1. The zero-order valence-electron chi connectivity index (χ0n) is 11.6. The Morgan fingerprint density at radius 2 is 2.00 bits per heavy atom. The van der Waals surface area contributed by atoms with Crippen LogP contribution in [-0.2, 0) is 6.54 Å². The molecule has 1 aliphatic heterocycles. The lowest BCUT2D eigenvalue weighted by Gasteiger charge is -2.27. The number of rotatable bonds is 3. The highest BCUT2D eigenvalue weighted by molar-refractivity contribution is 5.76. The average molecular weight is 272 g/mol. The highest BCUT2D eigenvalue weighted by atomic mass is 16.1. The molecule has 5 heteroatoms. The molecule has 2 fully saturated rings. The average Bonchev–Trinajstić information content (AvgIpc) is 3.23. The first-order valence-corrected chi connectivity index (χ1v) is 7.47. The number of hydrogen-bond donors (Lipinski definition) is 2. The minimum Gasteiger partial charge on any atom is -0.314 e. The summed E-state index contributed by atoms with van der Waals surface area (Å²) in [4.78, 5) is 17.5. The Labute approximate surface area is 117 Å². The number of nitrogens with zero attached hydrogens (tertiary/aromatic N) is 2. The van der Waals surface area contributed by atoms with Gasteiger partial charge in [0.15, 0.2) is 0 Å². The van der Waals surface area contributed by atoms with E-state index < -0.39 is 0 Å². The fraction of sp³-hybridized carbons (Fsp3) is 0.533. The number of benzene rings is 1. The van der Waals surface area contributed by atoms with E-state index in [0.29, 0.717) is 6.04 Å². The topological polar surface area (TPSA) is 53.1 Å². The molecule has 0 unspecified atom stereocenters. The third-order valence-electron chi connectivity index (χ3n) is 4.31. The van der Waals surface area contributed by atoms with E-state index in [2.05, 4.69) is 33.4 Å². The summed E-state index contributed by atoms with van der Waals surface area (Å²) in [6.07, 6.45) is 2.27. The number of fused-ring (bicyclic) bond motifs is 1. The first-order chi connectivity index (χ1) is 9.81.